The topological polar surface area (TPSA) is 175 Å². The Labute approximate surface area is 377 Å². The number of aromatic nitrogens is 2. The van der Waals surface area contributed by atoms with Crippen LogP contribution in [-0.4, -0.2) is 138 Å². The Morgan fingerprint density at radius 2 is 1.01 bits per heavy atom. The molecule has 26 heteroatoms. The number of benzene rings is 2. The van der Waals surface area contributed by atoms with Crippen LogP contribution in [0.3, 0.4) is 0 Å². The standard InChI is InChI=1S/C24H25F3N4O3.C14H13F3N2O.2C2HF3O2/c25-24(26,27)20-4-2-1-3-19(20)23(32)31-13-17-11-30(12-18(17)14-31)21-5-6-22(29-28-21)34-15-16-7-9-33-10-8-16;15-14(16,17)12-4-2-1-3-11(12)13(20)19-7-9-5-18-6-10(9)8-19;2*3-2(4,5)1(6)7/h1-6,16H,7-15H2;1-4,18H,5-8H2;2*(H,6,7). The van der Waals surface area contributed by atoms with Crippen LogP contribution in [0.25, 0.3) is 0 Å². The third-order valence-electron chi connectivity index (χ3n) is 10.7. The van der Waals surface area contributed by atoms with Gasteiger partial charge >= 0.3 is 36.6 Å². The summed E-state index contributed by atoms with van der Waals surface area (Å²) >= 11 is 0. The van der Waals surface area contributed by atoms with Crippen LogP contribution in [0.15, 0.2) is 83.0 Å². The summed E-state index contributed by atoms with van der Waals surface area (Å²) in [6, 6.07) is 13.5. The van der Waals surface area contributed by atoms with Crippen molar-refractivity contribution >= 4 is 29.6 Å². The van der Waals surface area contributed by atoms with Gasteiger partial charge in [-0.25, -0.2) is 9.59 Å². The number of carboxylic acids is 2. The van der Waals surface area contributed by atoms with Crippen molar-refractivity contribution in [1.29, 1.82) is 0 Å². The molecule has 0 atom stereocenters. The number of nitrogens with zero attached hydrogens (tertiary/aromatic N) is 5. The molecule has 8 rings (SSSR count). The van der Waals surface area contributed by atoms with Crippen molar-refractivity contribution in [2.24, 2.45) is 5.92 Å². The number of hydrogen-bond donors (Lipinski definition) is 3. The molecule has 0 aliphatic carbocycles. The van der Waals surface area contributed by atoms with E-state index in [0.717, 1.165) is 73.6 Å². The van der Waals surface area contributed by atoms with Crippen LogP contribution < -0.4 is 15.0 Å². The molecular weight excluding hydrogens is 944 g/mol. The maximum atomic E-state index is 13.3. The summed E-state index contributed by atoms with van der Waals surface area (Å²) in [6.45, 7) is 6.19. The van der Waals surface area contributed by atoms with Crippen LogP contribution in [0, 0.1) is 5.92 Å². The number of amides is 2. The largest absolute Gasteiger partial charge is 0.490 e. The number of hydrogen-bond acceptors (Lipinski definition) is 10. The predicted octanol–water partition coefficient (Wildman–Crippen LogP) is 6.90. The van der Waals surface area contributed by atoms with Crippen molar-refractivity contribution in [3.05, 3.63) is 105 Å². The maximum absolute atomic E-state index is 13.3. The number of alkyl halides is 12. The Morgan fingerprint density at radius 1 is 0.603 bits per heavy atom. The molecule has 370 valence electrons. The lowest BCUT2D eigenvalue weighted by atomic mass is 10.0. The first-order valence-corrected chi connectivity index (χ1v) is 20.1. The number of nitrogens with one attached hydrogen (secondary N) is 1. The summed E-state index contributed by atoms with van der Waals surface area (Å²) in [7, 11) is 0. The van der Waals surface area contributed by atoms with Gasteiger partial charge < -0.3 is 39.7 Å². The van der Waals surface area contributed by atoms with E-state index in [1.807, 2.05) is 11.0 Å². The van der Waals surface area contributed by atoms with Gasteiger partial charge in [0.05, 0.1) is 28.9 Å². The summed E-state index contributed by atoms with van der Waals surface area (Å²) in [5.41, 5.74) is 1.99. The lowest BCUT2D eigenvalue weighted by molar-refractivity contribution is -0.193. The summed E-state index contributed by atoms with van der Waals surface area (Å²) in [4.78, 5) is 48.0. The van der Waals surface area contributed by atoms with E-state index in [2.05, 4.69) is 15.5 Å². The van der Waals surface area contributed by atoms with E-state index in [9.17, 15) is 62.3 Å². The Hall–Kier alpha value is -6.44. The minimum Gasteiger partial charge on any atom is -0.476 e. The third-order valence-corrected chi connectivity index (χ3v) is 10.7. The van der Waals surface area contributed by atoms with Gasteiger partial charge in [-0.2, -0.15) is 52.7 Å². The van der Waals surface area contributed by atoms with Crippen LogP contribution in [-0.2, 0) is 26.7 Å². The lowest BCUT2D eigenvalue weighted by Crippen LogP contribution is -2.35. The van der Waals surface area contributed by atoms with Gasteiger partial charge in [0, 0.05) is 71.6 Å². The van der Waals surface area contributed by atoms with E-state index in [1.54, 1.807) is 6.07 Å². The Bertz CT molecular complexity index is 2310. The van der Waals surface area contributed by atoms with Crippen molar-refractivity contribution in [3.63, 3.8) is 0 Å². The SMILES string of the molecule is O=C(O)C(F)(F)F.O=C(O)C(F)(F)F.O=C(c1ccccc1C(F)(F)F)N1CC2=C(C1)CN(c1ccc(OCC3CCOCC3)nn1)C2.O=C(c1ccccc1C(F)(F)F)N1CC2=C(CNC2)C1. The van der Waals surface area contributed by atoms with E-state index in [0.29, 0.717) is 63.5 Å². The molecule has 2 amide bonds. The molecule has 5 aliphatic heterocycles. The second-order valence-corrected chi connectivity index (χ2v) is 15.5. The normalized spacial score (nSPS) is 17.3. The number of aliphatic carboxylic acids is 2. The number of anilines is 1. The van der Waals surface area contributed by atoms with Gasteiger partial charge in [-0.1, -0.05) is 24.3 Å². The highest BCUT2D eigenvalue weighted by Crippen LogP contribution is 2.36. The van der Waals surface area contributed by atoms with E-state index in [-0.39, 0.29) is 11.1 Å². The fourth-order valence-corrected chi connectivity index (χ4v) is 7.35. The van der Waals surface area contributed by atoms with E-state index in [1.165, 1.54) is 46.2 Å². The predicted molar refractivity (Wildman–Crippen MR) is 212 cm³/mol. The van der Waals surface area contributed by atoms with Crippen LogP contribution in [0.4, 0.5) is 58.5 Å². The van der Waals surface area contributed by atoms with Crippen LogP contribution in [0.1, 0.15) is 44.7 Å². The minimum atomic E-state index is -5.08. The van der Waals surface area contributed by atoms with E-state index in [4.69, 9.17) is 29.3 Å². The number of ether oxygens (including phenoxy) is 2. The molecule has 5 aliphatic rings. The molecule has 0 unspecified atom stereocenters. The molecule has 0 saturated carbocycles. The van der Waals surface area contributed by atoms with Gasteiger partial charge in [0.1, 0.15) is 0 Å². The first-order chi connectivity index (χ1) is 31.7. The monoisotopic (exact) mass is 984 g/mol. The minimum absolute atomic E-state index is 0.269. The molecule has 0 radical (unpaired) electrons. The number of carboxylic acid groups (broad SMARTS) is 2. The van der Waals surface area contributed by atoms with Gasteiger partial charge in [0.25, 0.3) is 11.8 Å². The second kappa shape index (κ2) is 21.7. The van der Waals surface area contributed by atoms with E-state index >= 15 is 0 Å². The molecule has 1 aromatic heterocycles. The summed E-state index contributed by atoms with van der Waals surface area (Å²) < 4.78 is 153. The molecule has 1 saturated heterocycles. The van der Waals surface area contributed by atoms with Crippen LogP contribution >= 0.6 is 0 Å². The average molecular weight is 985 g/mol. The number of halogens is 12. The molecular formula is C42H40F12N6O8. The molecule has 3 N–H and O–H groups in total. The lowest BCUT2D eigenvalue weighted by Gasteiger charge is -2.24. The fraction of sp³-hybridized carbons (Fsp3) is 0.429. The quantitative estimate of drug-likeness (QED) is 0.173. The molecule has 14 nitrogen and oxygen atoms in total. The number of carbonyl (C=O) groups excluding carboxylic acids is 2. The fourth-order valence-electron chi connectivity index (χ4n) is 7.35. The molecule has 68 heavy (non-hydrogen) atoms. The molecule has 3 aromatic rings. The summed E-state index contributed by atoms with van der Waals surface area (Å²) in [5.74, 6) is -5.01. The van der Waals surface area contributed by atoms with Crippen molar-refractivity contribution in [1.82, 2.24) is 25.3 Å². The van der Waals surface area contributed by atoms with Crippen LogP contribution in [0.5, 0.6) is 5.88 Å². The van der Waals surface area contributed by atoms with Gasteiger partial charge in [-0.3, -0.25) is 9.59 Å². The Morgan fingerprint density at radius 3 is 1.40 bits per heavy atom. The van der Waals surface area contributed by atoms with Crippen LogP contribution in [0.2, 0.25) is 0 Å². The van der Waals surface area contributed by atoms with Crippen molar-refractivity contribution < 1.29 is 91.5 Å². The Kier molecular flexibility index (Phi) is 16.7. The van der Waals surface area contributed by atoms with E-state index < -0.39 is 59.6 Å². The summed E-state index contributed by atoms with van der Waals surface area (Å²) in [5, 5.41) is 25.9. The molecule has 0 spiro atoms. The smallest absolute Gasteiger partial charge is 0.476 e. The zero-order valence-corrected chi connectivity index (χ0v) is 35.2. The average Bonchev–Trinajstić information content (AvgIpc) is 4.08. The highest BCUT2D eigenvalue weighted by atomic mass is 19.4. The van der Waals surface area contributed by atoms with Gasteiger partial charge in [-0.05, 0) is 71.4 Å². The zero-order valence-electron chi connectivity index (χ0n) is 35.2. The third kappa shape index (κ3) is 14.1. The van der Waals surface area contributed by atoms with Gasteiger partial charge in [0.2, 0.25) is 5.88 Å². The van der Waals surface area contributed by atoms with Crippen molar-refractivity contribution in [3.8, 4) is 5.88 Å². The summed E-state index contributed by atoms with van der Waals surface area (Å²) in [6.07, 6.45) is -17.3. The molecule has 2 aromatic carbocycles. The Balaban J connectivity index is 0.000000213. The van der Waals surface area contributed by atoms with Gasteiger partial charge in [0.15, 0.2) is 5.82 Å². The first kappa shape index (κ1) is 52.5. The number of rotatable bonds is 6. The maximum Gasteiger partial charge on any atom is 0.490 e. The molecule has 6 heterocycles. The number of carbonyl (C=O) groups is 4. The molecule has 1 fully saturated rings. The highest BCUT2D eigenvalue weighted by molar-refractivity contribution is 5.97. The first-order valence-electron chi connectivity index (χ1n) is 20.1. The molecule has 0 bridgehead atoms. The van der Waals surface area contributed by atoms with Crippen molar-refractivity contribution in [2.45, 2.75) is 37.5 Å². The van der Waals surface area contributed by atoms with Gasteiger partial charge in [-0.15, -0.1) is 10.2 Å². The second-order valence-electron chi connectivity index (χ2n) is 15.5. The van der Waals surface area contributed by atoms with Crippen molar-refractivity contribution in [2.75, 3.05) is 77.1 Å². The zero-order chi connectivity index (χ0) is 50.2. The highest BCUT2D eigenvalue weighted by Gasteiger charge is 2.41.